The van der Waals surface area contributed by atoms with Crippen LogP contribution < -0.4 is 15.6 Å². The summed E-state index contributed by atoms with van der Waals surface area (Å²) in [6.45, 7) is 4.35. The molecule has 3 rings (SSSR count). The van der Waals surface area contributed by atoms with Gasteiger partial charge in [0.2, 0.25) is 5.91 Å². The van der Waals surface area contributed by atoms with Crippen LogP contribution in [0.25, 0.3) is 10.9 Å². The molecule has 1 saturated carbocycles. The molecule has 0 aliphatic heterocycles. The van der Waals surface area contributed by atoms with Crippen LogP contribution in [-0.2, 0) is 11.3 Å². The number of nitrogens with zero attached hydrogens (tertiary/aromatic N) is 2. The monoisotopic (exact) mass is 361 g/mol. The van der Waals surface area contributed by atoms with Gasteiger partial charge in [-0.25, -0.2) is 4.39 Å². The highest BCUT2D eigenvalue weighted by molar-refractivity contribution is 5.82. The zero-order valence-corrected chi connectivity index (χ0v) is 15.3. The van der Waals surface area contributed by atoms with Crippen molar-refractivity contribution in [2.45, 2.75) is 45.7 Å². The van der Waals surface area contributed by atoms with Crippen molar-refractivity contribution < 1.29 is 13.9 Å². The van der Waals surface area contributed by atoms with Gasteiger partial charge in [-0.2, -0.15) is 4.98 Å². The van der Waals surface area contributed by atoms with Crippen LogP contribution in [0.4, 0.5) is 4.39 Å². The molecule has 1 aliphatic rings. The Morgan fingerprint density at radius 3 is 2.88 bits per heavy atom. The van der Waals surface area contributed by atoms with Gasteiger partial charge in [-0.3, -0.25) is 9.59 Å². The first-order valence-corrected chi connectivity index (χ1v) is 8.92. The molecule has 1 N–H and O–H groups in total. The summed E-state index contributed by atoms with van der Waals surface area (Å²) < 4.78 is 20.5. The van der Waals surface area contributed by atoms with Gasteiger partial charge in [0.05, 0.1) is 24.3 Å². The molecule has 3 unspecified atom stereocenters. The minimum Gasteiger partial charge on any atom is -0.494 e. The summed E-state index contributed by atoms with van der Waals surface area (Å²) in [6, 6.07) is 2.66. The van der Waals surface area contributed by atoms with Crippen LogP contribution in [0.5, 0.6) is 5.75 Å². The second kappa shape index (κ2) is 7.43. The average Bonchev–Trinajstić information content (AvgIpc) is 2.61. The lowest BCUT2D eigenvalue weighted by molar-refractivity contribution is -0.123. The predicted octanol–water partition coefficient (Wildman–Crippen LogP) is 2.49. The summed E-state index contributed by atoms with van der Waals surface area (Å²) in [4.78, 5) is 28.3. The summed E-state index contributed by atoms with van der Waals surface area (Å²) in [5.41, 5.74) is -0.159. The van der Waals surface area contributed by atoms with E-state index >= 15 is 0 Å². The molecule has 3 atom stereocenters. The van der Waals surface area contributed by atoms with E-state index < -0.39 is 11.4 Å². The molecule has 1 fully saturated rings. The van der Waals surface area contributed by atoms with E-state index in [0.717, 1.165) is 12.8 Å². The third kappa shape index (κ3) is 3.57. The highest BCUT2D eigenvalue weighted by atomic mass is 19.1. The molecule has 0 spiro atoms. The number of methoxy groups -OCH3 is 1. The Morgan fingerprint density at radius 2 is 2.15 bits per heavy atom. The molecule has 1 aliphatic carbocycles. The van der Waals surface area contributed by atoms with Gasteiger partial charge in [-0.15, -0.1) is 0 Å². The molecule has 1 aromatic carbocycles. The van der Waals surface area contributed by atoms with Crippen LogP contribution >= 0.6 is 0 Å². The van der Waals surface area contributed by atoms with Crippen molar-refractivity contribution in [2.24, 2.45) is 11.8 Å². The first kappa shape index (κ1) is 18.4. The van der Waals surface area contributed by atoms with Gasteiger partial charge in [-0.1, -0.05) is 26.7 Å². The molecule has 0 saturated heterocycles. The first-order chi connectivity index (χ1) is 12.4. The van der Waals surface area contributed by atoms with E-state index in [9.17, 15) is 14.0 Å². The van der Waals surface area contributed by atoms with Crippen molar-refractivity contribution in [3.05, 3.63) is 34.6 Å². The standard InChI is InChI=1S/C19H24FN3O3/c1-11-5-4-6-15(12(11)2)22-18(24)9-23-10-21-19(25)13-7-17(26-3)14(20)8-16(13)23/h7-8,10-12,15H,4-6,9H2,1-3H3,(H,22,24). The van der Waals surface area contributed by atoms with Crippen molar-refractivity contribution >= 4 is 16.8 Å². The molecule has 7 heteroatoms. The molecule has 2 aromatic rings. The lowest BCUT2D eigenvalue weighted by Crippen LogP contribution is -2.44. The number of carbonyl (C=O) groups is 1. The number of nitrogens with one attached hydrogen (secondary N) is 1. The van der Waals surface area contributed by atoms with Crippen molar-refractivity contribution in [3.63, 3.8) is 0 Å². The summed E-state index contributed by atoms with van der Waals surface area (Å²) in [5.74, 6) is 0.209. The second-order valence-corrected chi connectivity index (χ2v) is 7.12. The lowest BCUT2D eigenvalue weighted by Gasteiger charge is -2.34. The van der Waals surface area contributed by atoms with Crippen molar-refractivity contribution in [2.75, 3.05) is 7.11 Å². The quantitative estimate of drug-likeness (QED) is 0.908. The number of fused-ring (bicyclic) bond motifs is 1. The molecule has 1 heterocycles. The molecule has 6 nitrogen and oxygen atoms in total. The fourth-order valence-electron chi connectivity index (χ4n) is 3.68. The summed E-state index contributed by atoms with van der Waals surface area (Å²) in [5, 5.41) is 3.30. The van der Waals surface area contributed by atoms with Crippen molar-refractivity contribution in [1.82, 2.24) is 14.9 Å². The number of halogens is 1. The van der Waals surface area contributed by atoms with Crippen LogP contribution in [-0.4, -0.2) is 28.6 Å². The Labute approximate surface area is 151 Å². The molecular weight excluding hydrogens is 337 g/mol. The Balaban J connectivity index is 1.84. The molecule has 26 heavy (non-hydrogen) atoms. The number of aromatic nitrogens is 2. The van der Waals surface area contributed by atoms with E-state index in [1.54, 1.807) is 0 Å². The summed E-state index contributed by atoms with van der Waals surface area (Å²) in [6.07, 6.45) is 4.53. The number of ether oxygens (including phenoxy) is 1. The maximum absolute atomic E-state index is 14.1. The fraction of sp³-hybridized carbons (Fsp3) is 0.526. The Hall–Kier alpha value is -2.44. The van der Waals surface area contributed by atoms with Gasteiger partial charge < -0.3 is 14.6 Å². The summed E-state index contributed by atoms with van der Waals surface area (Å²) >= 11 is 0. The van der Waals surface area contributed by atoms with E-state index in [0.29, 0.717) is 17.4 Å². The normalized spacial score (nSPS) is 23.0. The van der Waals surface area contributed by atoms with E-state index in [1.165, 1.54) is 36.6 Å². The SMILES string of the molecule is COc1cc2c(=O)ncn(CC(=O)NC3CCCC(C)C3C)c2cc1F. The minimum atomic E-state index is -0.588. The molecule has 1 amide bonds. The second-order valence-electron chi connectivity index (χ2n) is 7.12. The number of hydrogen-bond acceptors (Lipinski definition) is 4. The minimum absolute atomic E-state index is 0.0207. The first-order valence-electron chi connectivity index (χ1n) is 8.92. The van der Waals surface area contributed by atoms with Gasteiger partial charge in [0.25, 0.3) is 5.56 Å². The van der Waals surface area contributed by atoms with Crippen LogP contribution in [0.3, 0.4) is 0 Å². The summed E-state index contributed by atoms with van der Waals surface area (Å²) in [7, 11) is 1.33. The van der Waals surface area contributed by atoms with Gasteiger partial charge in [-0.05, 0) is 24.3 Å². The van der Waals surface area contributed by atoms with Crippen LogP contribution in [0.1, 0.15) is 33.1 Å². The molecule has 0 bridgehead atoms. The van der Waals surface area contributed by atoms with Gasteiger partial charge in [0, 0.05) is 12.1 Å². The smallest absolute Gasteiger partial charge is 0.280 e. The Morgan fingerprint density at radius 1 is 1.38 bits per heavy atom. The van der Waals surface area contributed by atoms with Gasteiger partial charge in [0.15, 0.2) is 11.6 Å². The third-order valence-corrected chi connectivity index (χ3v) is 5.49. The molecular formula is C19H24FN3O3. The van der Waals surface area contributed by atoms with Crippen molar-refractivity contribution in [3.8, 4) is 5.75 Å². The Bertz CT molecular complexity index is 880. The zero-order chi connectivity index (χ0) is 18.8. The largest absolute Gasteiger partial charge is 0.494 e. The highest BCUT2D eigenvalue weighted by Crippen LogP contribution is 2.29. The van der Waals surface area contributed by atoms with Gasteiger partial charge >= 0.3 is 0 Å². The number of carbonyl (C=O) groups excluding carboxylic acids is 1. The van der Waals surface area contributed by atoms with Crippen LogP contribution in [0.15, 0.2) is 23.3 Å². The fourth-order valence-corrected chi connectivity index (χ4v) is 3.68. The number of hydrogen-bond donors (Lipinski definition) is 1. The van der Waals surface area contributed by atoms with Crippen LogP contribution in [0.2, 0.25) is 0 Å². The molecule has 0 radical (unpaired) electrons. The third-order valence-electron chi connectivity index (χ3n) is 5.49. The maximum Gasteiger partial charge on any atom is 0.280 e. The number of rotatable bonds is 4. The molecule has 140 valence electrons. The number of amides is 1. The van der Waals surface area contributed by atoms with Crippen molar-refractivity contribution in [1.29, 1.82) is 0 Å². The predicted molar refractivity (Wildman–Crippen MR) is 96.6 cm³/mol. The van der Waals surface area contributed by atoms with E-state index in [1.807, 2.05) is 0 Å². The maximum atomic E-state index is 14.1. The Kier molecular flexibility index (Phi) is 5.25. The van der Waals surface area contributed by atoms with E-state index in [2.05, 4.69) is 24.1 Å². The van der Waals surface area contributed by atoms with E-state index in [4.69, 9.17) is 4.74 Å². The topological polar surface area (TPSA) is 73.2 Å². The zero-order valence-electron chi connectivity index (χ0n) is 15.3. The lowest BCUT2D eigenvalue weighted by atomic mass is 9.78. The molecule has 1 aromatic heterocycles. The van der Waals surface area contributed by atoms with Gasteiger partial charge in [0.1, 0.15) is 6.54 Å². The van der Waals surface area contributed by atoms with Crippen LogP contribution in [0, 0.1) is 17.7 Å². The highest BCUT2D eigenvalue weighted by Gasteiger charge is 2.28. The van der Waals surface area contributed by atoms with E-state index in [-0.39, 0.29) is 29.6 Å². The average molecular weight is 361 g/mol. The number of benzene rings is 1.